The Balaban J connectivity index is 1.85. The SMILES string of the molecule is COc1ccc(C)cc1NC(=O)C(C)OC(=O)CCNS(=O)(=O)c1cn(C)c(C)n1. The molecule has 0 saturated heterocycles. The maximum atomic E-state index is 12.3. The van der Waals surface area contributed by atoms with Gasteiger partial charge in [0.1, 0.15) is 11.6 Å². The van der Waals surface area contributed by atoms with Gasteiger partial charge in [0.05, 0.1) is 19.2 Å². The van der Waals surface area contributed by atoms with Crippen molar-refractivity contribution in [3.05, 3.63) is 35.8 Å². The molecule has 30 heavy (non-hydrogen) atoms. The van der Waals surface area contributed by atoms with Gasteiger partial charge in [0.15, 0.2) is 11.1 Å². The van der Waals surface area contributed by atoms with Crippen LogP contribution < -0.4 is 14.8 Å². The normalized spacial score (nSPS) is 12.3. The summed E-state index contributed by atoms with van der Waals surface area (Å²) in [4.78, 5) is 28.2. The lowest BCUT2D eigenvalue weighted by molar-refractivity contribution is -0.152. The second-order valence-corrected chi connectivity index (χ2v) is 8.42. The molecular weight excluding hydrogens is 412 g/mol. The van der Waals surface area contributed by atoms with Gasteiger partial charge in [0.25, 0.3) is 15.9 Å². The number of sulfonamides is 1. The molecular formula is C19H26N4O6S. The van der Waals surface area contributed by atoms with Crippen LogP contribution in [0.1, 0.15) is 24.7 Å². The van der Waals surface area contributed by atoms with Gasteiger partial charge in [-0.2, -0.15) is 0 Å². The highest BCUT2D eigenvalue weighted by Gasteiger charge is 2.21. The Bertz CT molecular complexity index is 1010. The molecule has 10 nitrogen and oxygen atoms in total. The number of rotatable bonds is 9. The molecule has 0 spiro atoms. The molecule has 1 atom stereocenters. The summed E-state index contributed by atoms with van der Waals surface area (Å²) in [6, 6.07) is 5.29. The van der Waals surface area contributed by atoms with Gasteiger partial charge in [-0.3, -0.25) is 9.59 Å². The molecule has 2 N–H and O–H groups in total. The lowest BCUT2D eigenvalue weighted by Gasteiger charge is -2.15. The molecule has 1 unspecified atom stereocenters. The van der Waals surface area contributed by atoms with Gasteiger partial charge in [-0.1, -0.05) is 6.07 Å². The Morgan fingerprint density at radius 2 is 1.97 bits per heavy atom. The first-order chi connectivity index (χ1) is 14.0. The molecule has 0 aliphatic rings. The van der Waals surface area contributed by atoms with E-state index in [1.807, 2.05) is 13.0 Å². The molecule has 0 aliphatic carbocycles. The fraction of sp³-hybridized carbons (Fsp3) is 0.421. The number of ether oxygens (including phenoxy) is 2. The average Bonchev–Trinajstić information content (AvgIpc) is 3.01. The van der Waals surface area contributed by atoms with Gasteiger partial charge in [0.2, 0.25) is 0 Å². The number of esters is 1. The molecule has 1 aromatic heterocycles. The van der Waals surface area contributed by atoms with Crippen LogP contribution in [-0.4, -0.2) is 49.6 Å². The smallest absolute Gasteiger partial charge is 0.307 e. The Labute approximate surface area is 175 Å². The summed E-state index contributed by atoms with van der Waals surface area (Å²) in [5.41, 5.74) is 1.38. The number of carbonyl (C=O) groups excluding carboxylic acids is 2. The van der Waals surface area contributed by atoms with Crippen molar-refractivity contribution in [3.8, 4) is 5.75 Å². The maximum Gasteiger partial charge on any atom is 0.307 e. The second kappa shape index (κ2) is 9.72. The van der Waals surface area contributed by atoms with Crippen molar-refractivity contribution in [1.82, 2.24) is 14.3 Å². The lowest BCUT2D eigenvalue weighted by Crippen LogP contribution is -2.32. The Kier molecular flexibility index (Phi) is 7.57. The molecule has 0 fully saturated rings. The van der Waals surface area contributed by atoms with Crippen LogP contribution in [0.15, 0.2) is 29.4 Å². The molecule has 1 aromatic carbocycles. The van der Waals surface area contributed by atoms with Gasteiger partial charge in [-0.05, 0) is 38.5 Å². The highest BCUT2D eigenvalue weighted by atomic mass is 32.2. The summed E-state index contributed by atoms with van der Waals surface area (Å²) in [6.07, 6.45) is 0.0658. The van der Waals surface area contributed by atoms with Crippen LogP contribution in [0.25, 0.3) is 0 Å². The Morgan fingerprint density at radius 1 is 1.27 bits per heavy atom. The second-order valence-electron chi connectivity index (χ2n) is 6.71. The molecule has 0 bridgehead atoms. The van der Waals surface area contributed by atoms with E-state index in [-0.39, 0.29) is 18.0 Å². The highest BCUT2D eigenvalue weighted by molar-refractivity contribution is 7.89. The number of hydrogen-bond donors (Lipinski definition) is 2. The molecule has 1 heterocycles. The van der Waals surface area contributed by atoms with Gasteiger partial charge in [-0.15, -0.1) is 0 Å². The number of methoxy groups -OCH3 is 1. The minimum atomic E-state index is -3.84. The fourth-order valence-electron chi connectivity index (χ4n) is 2.48. The first-order valence-electron chi connectivity index (χ1n) is 9.18. The van der Waals surface area contributed by atoms with Gasteiger partial charge >= 0.3 is 5.97 Å². The van der Waals surface area contributed by atoms with Crippen molar-refractivity contribution >= 4 is 27.6 Å². The largest absolute Gasteiger partial charge is 0.495 e. The molecule has 164 valence electrons. The van der Waals surface area contributed by atoms with E-state index in [0.29, 0.717) is 17.3 Å². The number of imidazole rings is 1. The number of hydrogen-bond acceptors (Lipinski definition) is 7. The third kappa shape index (κ3) is 6.04. The summed E-state index contributed by atoms with van der Waals surface area (Å²) in [5, 5.41) is 2.52. The van der Waals surface area contributed by atoms with E-state index in [1.54, 1.807) is 30.7 Å². The number of aromatic nitrogens is 2. The third-order valence-corrected chi connectivity index (χ3v) is 5.60. The molecule has 2 rings (SSSR count). The van der Waals surface area contributed by atoms with Gasteiger partial charge < -0.3 is 19.4 Å². The highest BCUT2D eigenvalue weighted by Crippen LogP contribution is 2.25. The van der Waals surface area contributed by atoms with Crippen LogP contribution in [0.3, 0.4) is 0 Å². The fourth-order valence-corrected chi connectivity index (χ4v) is 3.55. The van der Waals surface area contributed by atoms with Crippen LogP contribution in [0.5, 0.6) is 5.75 Å². The molecule has 1 amide bonds. The molecule has 0 aliphatic heterocycles. The van der Waals surface area contributed by atoms with Crippen LogP contribution in [0.2, 0.25) is 0 Å². The molecule has 0 radical (unpaired) electrons. The number of carbonyl (C=O) groups is 2. The third-order valence-electron chi connectivity index (χ3n) is 4.27. The zero-order chi connectivity index (χ0) is 22.5. The quantitative estimate of drug-likeness (QED) is 0.564. The first kappa shape index (κ1) is 23.4. The van der Waals surface area contributed by atoms with Crippen molar-refractivity contribution in [3.63, 3.8) is 0 Å². The van der Waals surface area contributed by atoms with Crippen molar-refractivity contribution in [2.24, 2.45) is 7.05 Å². The summed E-state index contributed by atoms with van der Waals surface area (Å²) in [5.74, 6) is -0.225. The molecule has 2 aromatic rings. The van der Waals surface area contributed by atoms with Gasteiger partial charge in [-0.25, -0.2) is 18.1 Å². The lowest BCUT2D eigenvalue weighted by atomic mass is 10.2. The molecule has 11 heteroatoms. The number of nitrogens with one attached hydrogen (secondary N) is 2. The predicted molar refractivity (Wildman–Crippen MR) is 110 cm³/mol. The van der Waals surface area contributed by atoms with Crippen LogP contribution in [-0.2, 0) is 31.4 Å². The van der Waals surface area contributed by atoms with E-state index in [9.17, 15) is 18.0 Å². The minimum absolute atomic E-state index is 0.129. The van der Waals surface area contributed by atoms with Crippen molar-refractivity contribution in [2.45, 2.75) is 38.3 Å². The monoisotopic (exact) mass is 438 g/mol. The van der Waals surface area contributed by atoms with Crippen LogP contribution >= 0.6 is 0 Å². The maximum absolute atomic E-state index is 12.3. The predicted octanol–water partition coefficient (Wildman–Crippen LogP) is 1.28. The Hall–Kier alpha value is -2.92. The standard InChI is InChI=1S/C19H26N4O6S/c1-12-6-7-16(28-5)15(10-12)22-19(25)13(2)29-18(24)8-9-20-30(26,27)17-11-23(4)14(3)21-17/h6-7,10-11,13,20H,8-9H2,1-5H3,(H,22,25). The van der Waals surface area contributed by atoms with E-state index in [2.05, 4.69) is 15.0 Å². The number of nitrogens with zero attached hydrogens (tertiary/aromatic N) is 2. The van der Waals surface area contributed by atoms with Crippen LogP contribution in [0, 0.1) is 13.8 Å². The van der Waals surface area contributed by atoms with Gasteiger partial charge in [0, 0.05) is 19.8 Å². The van der Waals surface area contributed by atoms with E-state index >= 15 is 0 Å². The average molecular weight is 439 g/mol. The zero-order valence-corrected chi connectivity index (χ0v) is 18.4. The van der Waals surface area contributed by atoms with E-state index in [1.165, 1.54) is 20.2 Å². The topological polar surface area (TPSA) is 129 Å². The van der Waals surface area contributed by atoms with Crippen molar-refractivity contribution in [1.29, 1.82) is 0 Å². The number of amides is 1. The number of aryl methyl sites for hydroxylation is 3. The van der Waals surface area contributed by atoms with Crippen molar-refractivity contribution in [2.75, 3.05) is 19.0 Å². The molecule has 0 saturated carbocycles. The summed E-state index contributed by atoms with van der Waals surface area (Å²) >= 11 is 0. The van der Waals surface area contributed by atoms with Crippen LogP contribution in [0.4, 0.5) is 5.69 Å². The Morgan fingerprint density at radius 3 is 2.57 bits per heavy atom. The minimum Gasteiger partial charge on any atom is -0.495 e. The first-order valence-corrected chi connectivity index (χ1v) is 10.7. The number of benzene rings is 1. The van der Waals surface area contributed by atoms with Crippen molar-refractivity contribution < 1.29 is 27.5 Å². The summed E-state index contributed by atoms with van der Waals surface area (Å²) < 4.78 is 38.5. The number of anilines is 1. The van der Waals surface area contributed by atoms with E-state index in [4.69, 9.17) is 9.47 Å². The van der Waals surface area contributed by atoms with E-state index < -0.39 is 28.0 Å². The van der Waals surface area contributed by atoms with E-state index in [0.717, 1.165) is 5.56 Å². The zero-order valence-electron chi connectivity index (χ0n) is 17.6. The summed E-state index contributed by atoms with van der Waals surface area (Å²) in [7, 11) is -0.676. The summed E-state index contributed by atoms with van der Waals surface area (Å²) in [6.45, 7) is 4.79.